The Labute approximate surface area is 106 Å². The minimum absolute atomic E-state index is 0.376. The molecule has 6 N–H and O–H groups in total. The molecule has 0 aliphatic rings. The van der Waals surface area contributed by atoms with E-state index in [0.29, 0.717) is 10.2 Å². The summed E-state index contributed by atoms with van der Waals surface area (Å²) < 4.78 is 0. The Morgan fingerprint density at radius 2 is 1.33 bits per heavy atom. The molecule has 0 unspecified atom stereocenters. The number of rotatable bonds is 8. The molecule has 15 heavy (non-hydrogen) atoms. The third-order valence-corrected chi connectivity index (χ3v) is 2.97. The zero-order valence-corrected chi connectivity index (χ0v) is 11.1. The maximum atomic E-state index is 5.28. The Balaban J connectivity index is 2.99. The lowest BCUT2D eigenvalue weighted by molar-refractivity contribution is 0.838. The standard InChI is InChI=1S/C8H18N4S3/c9-7(13)11-3-1-5-15-6-2-4-12-8(10)14/h1-6H2,(H3,9,11,13)(H3,10,12,14). The first-order valence-electron chi connectivity index (χ1n) is 4.77. The molecule has 0 aromatic carbocycles. The van der Waals surface area contributed by atoms with Crippen LogP contribution in [0.1, 0.15) is 12.8 Å². The number of thioether (sulfide) groups is 1. The van der Waals surface area contributed by atoms with E-state index in [9.17, 15) is 0 Å². The second-order valence-corrected chi connectivity index (χ2v) is 5.01. The molecule has 0 fully saturated rings. The molecule has 0 saturated heterocycles. The maximum Gasteiger partial charge on any atom is 0.163 e. The van der Waals surface area contributed by atoms with Gasteiger partial charge >= 0.3 is 0 Å². The maximum absolute atomic E-state index is 5.28. The molecule has 0 aliphatic carbocycles. The molecule has 4 nitrogen and oxygen atoms in total. The van der Waals surface area contributed by atoms with Crippen LogP contribution in [0.25, 0.3) is 0 Å². The molecule has 0 heterocycles. The van der Waals surface area contributed by atoms with Crippen LogP contribution in [-0.2, 0) is 0 Å². The summed E-state index contributed by atoms with van der Waals surface area (Å²) in [7, 11) is 0. The van der Waals surface area contributed by atoms with Crippen molar-refractivity contribution in [2.24, 2.45) is 11.5 Å². The van der Waals surface area contributed by atoms with E-state index in [0.717, 1.165) is 37.4 Å². The molecule has 0 bridgehead atoms. The van der Waals surface area contributed by atoms with Crippen LogP contribution in [0.5, 0.6) is 0 Å². The second kappa shape index (κ2) is 10.3. The highest BCUT2D eigenvalue weighted by atomic mass is 32.2. The number of hydrogen-bond acceptors (Lipinski definition) is 3. The Bertz CT molecular complexity index is 178. The SMILES string of the molecule is NC(=S)NCCCSCCCNC(N)=S. The van der Waals surface area contributed by atoms with Crippen molar-refractivity contribution in [1.29, 1.82) is 0 Å². The van der Waals surface area contributed by atoms with Crippen molar-refractivity contribution in [3.63, 3.8) is 0 Å². The van der Waals surface area contributed by atoms with Gasteiger partial charge in [0.15, 0.2) is 10.2 Å². The lowest BCUT2D eigenvalue weighted by Gasteiger charge is -2.04. The molecular weight excluding hydrogens is 248 g/mol. The predicted octanol–water partition coefficient (Wildman–Crippen LogP) is 0.166. The van der Waals surface area contributed by atoms with Crippen LogP contribution < -0.4 is 22.1 Å². The van der Waals surface area contributed by atoms with E-state index < -0.39 is 0 Å². The first kappa shape index (κ1) is 14.7. The number of hydrogen-bond donors (Lipinski definition) is 4. The van der Waals surface area contributed by atoms with Gasteiger partial charge in [0.2, 0.25) is 0 Å². The normalized spacial score (nSPS) is 9.60. The molecule has 0 aliphatic heterocycles. The summed E-state index contributed by atoms with van der Waals surface area (Å²) in [6.07, 6.45) is 2.15. The first-order chi connectivity index (χ1) is 7.13. The molecular formula is C8H18N4S3. The van der Waals surface area contributed by atoms with E-state index in [1.165, 1.54) is 0 Å². The van der Waals surface area contributed by atoms with Gasteiger partial charge in [0, 0.05) is 13.1 Å². The Morgan fingerprint density at radius 1 is 0.933 bits per heavy atom. The summed E-state index contributed by atoms with van der Waals surface area (Å²) in [5.74, 6) is 2.23. The zero-order chi connectivity index (χ0) is 11.5. The highest BCUT2D eigenvalue weighted by Gasteiger charge is 1.92. The van der Waals surface area contributed by atoms with E-state index in [1.807, 2.05) is 11.8 Å². The van der Waals surface area contributed by atoms with Crippen LogP contribution in [0.4, 0.5) is 0 Å². The quantitative estimate of drug-likeness (QED) is 0.368. The van der Waals surface area contributed by atoms with Crippen molar-refractivity contribution < 1.29 is 0 Å². The smallest absolute Gasteiger partial charge is 0.163 e. The molecule has 0 aromatic rings. The highest BCUT2D eigenvalue weighted by Crippen LogP contribution is 2.03. The van der Waals surface area contributed by atoms with Crippen LogP contribution in [0.2, 0.25) is 0 Å². The minimum Gasteiger partial charge on any atom is -0.376 e. The Kier molecular flexibility index (Phi) is 10.1. The molecule has 0 atom stereocenters. The van der Waals surface area contributed by atoms with E-state index in [1.54, 1.807) is 0 Å². The fraction of sp³-hybridized carbons (Fsp3) is 0.750. The monoisotopic (exact) mass is 266 g/mol. The molecule has 88 valence electrons. The summed E-state index contributed by atoms with van der Waals surface area (Å²) in [5, 5.41) is 6.58. The van der Waals surface area contributed by atoms with Crippen molar-refractivity contribution in [1.82, 2.24) is 10.6 Å². The molecule has 0 radical (unpaired) electrons. The van der Waals surface area contributed by atoms with Crippen molar-refractivity contribution >= 4 is 46.4 Å². The van der Waals surface area contributed by atoms with Crippen LogP contribution in [0.15, 0.2) is 0 Å². The summed E-state index contributed by atoms with van der Waals surface area (Å²) in [5.41, 5.74) is 10.6. The van der Waals surface area contributed by atoms with Gasteiger partial charge < -0.3 is 22.1 Å². The van der Waals surface area contributed by atoms with Gasteiger partial charge in [-0.3, -0.25) is 0 Å². The molecule has 7 heteroatoms. The van der Waals surface area contributed by atoms with Gasteiger partial charge in [0.05, 0.1) is 0 Å². The zero-order valence-electron chi connectivity index (χ0n) is 8.62. The predicted molar refractivity (Wildman–Crippen MR) is 76.1 cm³/mol. The van der Waals surface area contributed by atoms with Crippen LogP contribution in [0.3, 0.4) is 0 Å². The topological polar surface area (TPSA) is 76.1 Å². The van der Waals surface area contributed by atoms with Gasteiger partial charge in [-0.1, -0.05) is 0 Å². The van der Waals surface area contributed by atoms with E-state index in [-0.39, 0.29) is 0 Å². The summed E-state index contributed by atoms with van der Waals surface area (Å²) in [4.78, 5) is 0. The Hall–Kier alpha value is -0.270. The average molecular weight is 266 g/mol. The summed E-state index contributed by atoms with van der Waals surface area (Å²) in [6, 6.07) is 0. The molecule has 0 saturated carbocycles. The number of nitrogens with one attached hydrogen (secondary N) is 2. The van der Waals surface area contributed by atoms with E-state index >= 15 is 0 Å². The summed E-state index contributed by atoms with van der Waals surface area (Å²) in [6.45, 7) is 1.71. The van der Waals surface area contributed by atoms with Gasteiger partial charge in [0.1, 0.15) is 0 Å². The largest absolute Gasteiger partial charge is 0.376 e. The fourth-order valence-corrected chi connectivity index (χ4v) is 1.98. The highest BCUT2D eigenvalue weighted by molar-refractivity contribution is 7.99. The van der Waals surface area contributed by atoms with Gasteiger partial charge in [-0.2, -0.15) is 11.8 Å². The lowest BCUT2D eigenvalue weighted by Crippen LogP contribution is -2.30. The fourth-order valence-electron chi connectivity index (χ4n) is 0.874. The van der Waals surface area contributed by atoms with Crippen molar-refractivity contribution in [2.45, 2.75) is 12.8 Å². The van der Waals surface area contributed by atoms with Crippen LogP contribution in [-0.4, -0.2) is 34.8 Å². The average Bonchev–Trinajstić information content (AvgIpc) is 2.14. The molecule has 0 aromatic heterocycles. The van der Waals surface area contributed by atoms with E-state index in [4.69, 9.17) is 11.5 Å². The number of nitrogens with two attached hydrogens (primary N) is 2. The van der Waals surface area contributed by atoms with Gasteiger partial charge in [0.25, 0.3) is 0 Å². The molecule has 0 rings (SSSR count). The lowest BCUT2D eigenvalue weighted by atomic mass is 10.5. The summed E-state index contributed by atoms with van der Waals surface area (Å²) >= 11 is 11.3. The number of thiocarbonyl (C=S) groups is 2. The van der Waals surface area contributed by atoms with Crippen molar-refractivity contribution in [3.8, 4) is 0 Å². The molecule has 0 amide bonds. The van der Waals surface area contributed by atoms with Gasteiger partial charge in [-0.05, 0) is 48.8 Å². The van der Waals surface area contributed by atoms with Crippen molar-refractivity contribution in [2.75, 3.05) is 24.6 Å². The molecule has 0 spiro atoms. The van der Waals surface area contributed by atoms with Crippen LogP contribution >= 0.6 is 36.2 Å². The van der Waals surface area contributed by atoms with Gasteiger partial charge in [-0.25, -0.2) is 0 Å². The van der Waals surface area contributed by atoms with Crippen LogP contribution in [0, 0.1) is 0 Å². The minimum atomic E-state index is 0.376. The Morgan fingerprint density at radius 3 is 1.67 bits per heavy atom. The third-order valence-electron chi connectivity index (χ3n) is 1.53. The van der Waals surface area contributed by atoms with Gasteiger partial charge in [-0.15, -0.1) is 0 Å². The van der Waals surface area contributed by atoms with E-state index in [2.05, 4.69) is 35.1 Å². The van der Waals surface area contributed by atoms with Crippen molar-refractivity contribution in [3.05, 3.63) is 0 Å². The first-order valence-corrected chi connectivity index (χ1v) is 6.74. The third kappa shape index (κ3) is 13.7. The second-order valence-electron chi connectivity index (χ2n) is 2.90.